The van der Waals surface area contributed by atoms with Crippen LogP contribution in [0.15, 0.2) is 30.0 Å². The van der Waals surface area contributed by atoms with Crippen LogP contribution in [0.5, 0.6) is 5.75 Å². The van der Waals surface area contributed by atoms with Gasteiger partial charge in [-0.15, -0.1) is 0 Å². The van der Waals surface area contributed by atoms with Gasteiger partial charge in [-0.3, -0.25) is 4.79 Å². The van der Waals surface area contributed by atoms with E-state index in [1.165, 1.54) is 16.7 Å². The van der Waals surface area contributed by atoms with Gasteiger partial charge >= 0.3 is 0 Å². The number of carbonyl (C=O) groups is 1. The fraction of sp³-hybridized carbons (Fsp3) is 0.500. The first-order valence-electron chi connectivity index (χ1n) is 7.69. The summed E-state index contributed by atoms with van der Waals surface area (Å²) < 4.78 is 5.72. The number of benzene rings is 1. The van der Waals surface area contributed by atoms with Crippen LogP contribution in [0.4, 0.5) is 0 Å². The smallest absolute Gasteiger partial charge is 0.146 e. The third kappa shape index (κ3) is 1.90. The fourth-order valence-corrected chi connectivity index (χ4v) is 3.28. The lowest BCUT2D eigenvalue weighted by molar-refractivity contribution is -0.122. The van der Waals surface area contributed by atoms with Crippen LogP contribution in [0.2, 0.25) is 0 Å². The van der Waals surface area contributed by atoms with Gasteiger partial charge in [0.1, 0.15) is 11.5 Å². The summed E-state index contributed by atoms with van der Waals surface area (Å²) in [6.45, 7) is 2.10. The van der Waals surface area contributed by atoms with Crippen LogP contribution in [-0.2, 0) is 16.6 Å². The minimum Gasteiger partial charge on any atom is -0.465 e. The van der Waals surface area contributed by atoms with Crippen LogP contribution in [-0.4, -0.2) is 5.78 Å². The van der Waals surface area contributed by atoms with Gasteiger partial charge in [0.05, 0.1) is 11.7 Å². The average Bonchev–Trinajstić information content (AvgIpc) is 3.32. The molecule has 1 aromatic rings. The Labute approximate surface area is 119 Å². The molecule has 0 radical (unpaired) electrons. The van der Waals surface area contributed by atoms with Crippen LogP contribution in [0.25, 0.3) is 0 Å². The quantitative estimate of drug-likeness (QED) is 0.830. The second-order valence-corrected chi connectivity index (χ2v) is 6.63. The van der Waals surface area contributed by atoms with E-state index >= 15 is 0 Å². The molecule has 0 atom stereocenters. The van der Waals surface area contributed by atoms with Crippen molar-refractivity contribution in [2.45, 2.75) is 50.9 Å². The van der Waals surface area contributed by atoms with Crippen molar-refractivity contribution in [2.24, 2.45) is 5.92 Å². The predicted molar refractivity (Wildman–Crippen MR) is 77.8 cm³/mol. The van der Waals surface area contributed by atoms with Crippen molar-refractivity contribution in [1.29, 1.82) is 0 Å². The number of fused-ring (bicyclic) bond motifs is 1. The summed E-state index contributed by atoms with van der Waals surface area (Å²) in [6, 6.07) is 6.40. The summed E-state index contributed by atoms with van der Waals surface area (Å²) in [7, 11) is 0. The summed E-state index contributed by atoms with van der Waals surface area (Å²) in [6.07, 6.45) is 8.21. The van der Waals surface area contributed by atoms with Crippen molar-refractivity contribution in [1.82, 2.24) is 0 Å². The van der Waals surface area contributed by atoms with E-state index in [0.717, 1.165) is 44.3 Å². The van der Waals surface area contributed by atoms with Gasteiger partial charge in [-0.05, 0) is 68.2 Å². The number of rotatable bonds is 3. The highest BCUT2D eigenvalue weighted by Gasteiger charge is 2.55. The first-order chi connectivity index (χ1) is 9.69. The number of hydrogen-bond acceptors (Lipinski definition) is 2. The van der Waals surface area contributed by atoms with E-state index in [0.29, 0.717) is 11.7 Å². The zero-order valence-corrected chi connectivity index (χ0v) is 11.9. The van der Waals surface area contributed by atoms with Gasteiger partial charge in [0.15, 0.2) is 0 Å². The number of carbonyl (C=O) groups excluding carboxylic acids is 1. The fourth-order valence-electron chi connectivity index (χ4n) is 3.28. The topological polar surface area (TPSA) is 26.3 Å². The molecule has 0 spiro atoms. The first-order valence-corrected chi connectivity index (χ1v) is 7.69. The molecule has 2 heteroatoms. The summed E-state index contributed by atoms with van der Waals surface area (Å²) in [5.41, 5.74) is 3.63. The molecule has 2 saturated carbocycles. The van der Waals surface area contributed by atoms with Crippen LogP contribution in [0.3, 0.4) is 0 Å². The van der Waals surface area contributed by atoms with Crippen molar-refractivity contribution in [2.75, 3.05) is 0 Å². The molecule has 1 aliphatic heterocycles. The van der Waals surface area contributed by atoms with Crippen molar-refractivity contribution in [3.05, 3.63) is 41.2 Å². The molecule has 0 bridgehead atoms. The molecule has 0 N–H and O–H groups in total. The van der Waals surface area contributed by atoms with E-state index < -0.39 is 0 Å². The molecular weight excluding hydrogens is 248 g/mol. The maximum Gasteiger partial charge on any atom is 0.146 e. The zero-order valence-electron chi connectivity index (χ0n) is 11.9. The maximum atomic E-state index is 12.5. The van der Waals surface area contributed by atoms with Gasteiger partial charge in [0.2, 0.25) is 0 Å². The van der Waals surface area contributed by atoms with Gasteiger partial charge in [0.25, 0.3) is 0 Å². The van der Waals surface area contributed by atoms with Gasteiger partial charge < -0.3 is 4.74 Å². The summed E-state index contributed by atoms with van der Waals surface area (Å²) in [5, 5.41) is 0. The van der Waals surface area contributed by atoms with Crippen LogP contribution >= 0.6 is 0 Å². The summed E-state index contributed by atoms with van der Waals surface area (Å²) >= 11 is 0. The maximum absolute atomic E-state index is 12.5. The average molecular weight is 268 g/mol. The highest BCUT2D eigenvalue weighted by atomic mass is 16.5. The van der Waals surface area contributed by atoms with Crippen molar-refractivity contribution in [3.8, 4) is 5.75 Å². The number of hydrogen-bond donors (Lipinski definition) is 0. The number of ether oxygens (including phenoxy) is 1. The van der Waals surface area contributed by atoms with Crippen molar-refractivity contribution in [3.63, 3.8) is 0 Å². The lowest BCUT2D eigenvalue weighted by Crippen LogP contribution is -2.22. The number of allylic oxidation sites excluding steroid dienone is 1. The molecule has 104 valence electrons. The number of Topliss-reactive ketones (excluding diaryl/α,β-unsaturated/α-hetero) is 1. The minimum absolute atomic E-state index is 0.134. The molecule has 0 amide bonds. The highest BCUT2D eigenvalue weighted by molar-refractivity contribution is 5.96. The van der Waals surface area contributed by atoms with E-state index in [1.807, 2.05) is 6.26 Å². The van der Waals surface area contributed by atoms with E-state index in [4.69, 9.17) is 4.74 Å². The molecule has 4 rings (SSSR count). The Balaban J connectivity index is 1.67. The first kappa shape index (κ1) is 12.2. The van der Waals surface area contributed by atoms with Crippen LogP contribution in [0, 0.1) is 5.92 Å². The molecule has 2 fully saturated rings. The SMILES string of the molecule is CC1=COc2ccc(C3(C(=O)C4CC4)CC3)cc2CC1. The Morgan fingerprint density at radius 3 is 2.75 bits per heavy atom. The van der Waals surface area contributed by atoms with Crippen molar-refractivity contribution >= 4 is 5.78 Å². The molecule has 2 nitrogen and oxygen atoms in total. The number of aryl methyl sites for hydroxylation is 1. The van der Waals surface area contributed by atoms with Crippen LogP contribution < -0.4 is 4.74 Å². The van der Waals surface area contributed by atoms with Crippen LogP contribution in [0.1, 0.15) is 50.2 Å². The summed E-state index contributed by atoms with van der Waals surface area (Å²) in [5.74, 6) is 1.82. The van der Waals surface area contributed by atoms with E-state index in [1.54, 1.807) is 0 Å². The predicted octanol–water partition coefficient (Wildman–Crippen LogP) is 3.93. The van der Waals surface area contributed by atoms with Gasteiger partial charge in [-0.2, -0.15) is 0 Å². The van der Waals surface area contributed by atoms with E-state index in [2.05, 4.69) is 25.1 Å². The Bertz CT molecular complexity index is 604. The molecule has 2 aliphatic carbocycles. The monoisotopic (exact) mass is 268 g/mol. The number of ketones is 1. The van der Waals surface area contributed by atoms with Gasteiger partial charge in [-0.25, -0.2) is 0 Å². The van der Waals surface area contributed by atoms with Gasteiger partial charge in [0, 0.05) is 5.92 Å². The highest BCUT2D eigenvalue weighted by Crippen LogP contribution is 2.54. The Morgan fingerprint density at radius 2 is 2.05 bits per heavy atom. The second-order valence-electron chi connectivity index (χ2n) is 6.63. The molecule has 0 unspecified atom stereocenters. The molecular formula is C18H20O2. The van der Waals surface area contributed by atoms with Gasteiger partial charge in [-0.1, -0.05) is 12.1 Å². The molecule has 3 aliphatic rings. The third-order valence-electron chi connectivity index (χ3n) is 4.96. The Morgan fingerprint density at radius 1 is 1.25 bits per heavy atom. The van der Waals surface area contributed by atoms with Crippen molar-refractivity contribution < 1.29 is 9.53 Å². The van der Waals surface area contributed by atoms with E-state index in [-0.39, 0.29) is 5.41 Å². The lowest BCUT2D eigenvalue weighted by Gasteiger charge is -2.16. The second kappa shape index (κ2) is 4.21. The molecule has 0 saturated heterocycles. The normalized spacial score (nSPS) is 23.1. The molecule has 1 aromatic carbocycles. The standard InChI is InChI=1S/C18H20O2/c1-12-2-3-14-10-15(6-7-16(14)20-11-12)18(8-9-18)17(19)13-4-5-13/h6-7,10-11,13H,2-5,8-9H2,1H3. The largest absolute Gasteiger partial charge is 0.465 e. The zero-order chi connectivity index (χ0) is 13.7. The third-order valence-corrected chi connectivity index (χ3v) is 4.96. The molecule has 0 aromatic heterocycles. The summed E-state index contributed by atoms with van der Waals surface area (Å²) in [4.78, 5) is 12.5. The Hall–Kier alpha value is -1.57. The van der Waals surface area contributed by atoms with E-state index in [9.17, 15) is 4.79 Å². The molecule has 1 heterocycles. The minimum atomic E-state index is -0.134. The molecule has 20 heavy (non-hydrogen) atoms. The Kier molecular flexibility index (Phi) is 2.57. The lowest BCUT2D eigenvalue weighted by atomic mass is 9.87.